The molecule has 2 aliphatic rings. The molecule has 1 saturated carbocycles. The summed E-state index contributed by atoms with van der Waals surface area (Å²) >= 11 is 0. The van der Waals surface area contributed by atoms with E-state index in [0.717, 1.165) is 25.7 Å². The fraction of sp³-hybridized carbons (Fsp3) is 0.900. The number of halogens is 2. The van der Waals surface area contributed by atoms with Gasteiger partial charge in [-0.15, -0.1) is 0 Å². The normalized spacial score (nSPS) is 26.9. The van der Waals surface area contributed by atoms with Crippen LogP contribution < -0.4 is 0 Å². The Balaban J connectivity index is 1.93. The van der Waals surface area contributed by atoms with Gasteiger partial charge in [-0.1, -0.05) is 13.8 Å². The van der Waals surface area contributed by atoms with E-state index in [1.165, 1.54) is 0 Å². The molecule has 1 aliphatic heterocycles. The zero-order chi connectivity index (χ0) is 21.2. The maximum atomic E-state index is 13.0. The number of rotatable bonds is 7. The van der Waals surface area contributed by atoms with Crippen molar-refractivity contribution in [3.05, 3.63) is 0 Å². The van der Waals surface area contributed by atoms with Crippen LogP contribution in [0.25, 0.3) is 0 Å². The first-order valence-corrected chi connectivity index (χ1v) is 9.95. The average Bonchev–Trinajstić information content (AvgIpc) is 2.99. The molecule has 0 bridgehead atoms. The van der Waals surface area contributed by atoms with E-state index in [-0.39, 0.29) is 31.3 Å². The summed E-state index contributed by atoms with van der Waals surface area (Å²) in [5, 5.41) is 0. The molecule has 162 valence electrons. The molecule has 28 heavy (non-hydrogen) atoms. The summed E-state index contributed by atoms with van der Waals surface area (Å²) in [6.45, 7) is 7.61. The van der Waals surface area contributed by atoms with E-state index >= 15 is 0 Å². The highest BCUT2D eigenvalue weighted by Gasteiger charge is 2.43. The van der Waals surface area contributed by atoms with Gasteiger partial charge in [0, 0.05) is 13.3 Å². The molecular formula is C20H32F2O6. The monoisotopic (exact) mass is 406 g/mol. The summed E-state index contributed by atoms with van der Waals surface area (Å²) in [4.78, 5) is 23.9. The Morgan fingerprint density at radius 3 is 2.25 bits per heavy atom. The number of hydrogen-bond acceptors (Lipinski definition) is 6. The van der Waals surface area contributed by atoms with Crippen molar-refractivity contribution in [2.75, 3.05) is 6.61 Å². The lowest BCUT2D eigenvalue weighted by molar-refractivity contribution is -0.305. The van der Waals surface area contributed by atoms with Crippen LogP contribution in [0.15, 0.2) is 0 Å². The summed E-state index contributed by atoms with van der Waals surface area (Å²) in [5.41, 5.74) is -0.417. The lowest BCUT2D eigenvalue weighted by Crippen LogP contribution is -2.48. The van der Waals surface area contributed by atoms with Crippen LogP contribution in [0.5, 0.6) is 0 Å². The first-order valence-electron chi connectivity index (χ1n) is 9.95. The molecule has 0 N–H and O–H groups in total. The Morgan fingerprint density at radius 2 is 1.71 bits per heavy atom. The number of hydrogen-bond donors (Lipinski definition) is 0. The van der Waals surface area contributed by atoms with Gasteiger partial charge in [-0.05, 0) is 45.4 Å². The van der Waals surface area contributed by atoms with Crippen LogP contribution in [-0.4, -0.2) is 48.1 Å². The summed E-state index contributed by atoms with van der Waals surface area (Å²) in [5.74, 6) is -6.30. The minimum atomic E-state index is -3.56. The summed E-state index contributed by atoms with van der Waals surface area (Å²) in [6.07, 6.45) is 2.95. The van der Waals surface area contributed by atoms with Crippen LogP contribution in [0.4, 0.5) is 8.78 Å². The smallest absolute Gasteiger partial charge is 0.376 e. The first-order chi connectivity index (χ1) is 12.8. The molecule has 0 aromatic carbocycles. The Bertz CT molecular complexity index is 564. The van der Waals surface area contributed by atoms with Crippen LogP contribution in [0.3, 0.4) is 0 Å². The van der Waals surface area contributed by atoms with Crippen LogP contribution >= 0.6 is 0 Å². The van der Waals surface area contributed by atoms with Gasteiger partial charge in [0.1, 0.15) is 12.2 Å². The molecule has 0 radical (unpaired) electrons. The molecule has 2 unspecified atom stereocenters. The van der Waals surface area contributed by atoms with E-state index in [2.05, 4.69) is 18.6 Å². The van der Waals surface area contributed by atoms with Gasteiger partial charge in [0.15, 0.2) is 5.79 Å². The third-order valence-corrected chi connectivity index (χ3v) is 5.40. The second kappa shape index (κ2) is 8.61. The van der Waals surface area contributed by atoms with E-state index in [1.807, 2.05) is 0 Å². The molecule has 0 spiro atoms. The summed E-state index contributed by atoms with van der Waals surface area (Å²) in [6, 6.07) is 0. The molecule has 2 atom stereocenters. The number of esters is 2. The minimum absolute atomic E-state index is 0.0373. The van der Waals surface area contributed by atoms with Crippen molar-refractivity contribution >= 4 is 11.9 Å². The predicted molar refractivity (Wildman–Crippen MR) is 96.8 cm³/mol. The molecule has 1 aliphatic carbocycles. The Morgan fingerprint density at radius 1 is 1.14 bits per heavy atom. The number of carbonyl (C=O) groups excluding carboxylic acids is 2. The molecule has 1 saturated heterocycles. The van der Waals surface area contributed by atoms with Gasteiger partial charge in [-0.2, -0.15) is 8.78 Å². The maximum Gasteiger partial charge on any atom is 0.376 e. The predicted octanol–water partition coefficient (Wildman–Crippen LogP) is 4.00. The van der Waals surface area contributed by atoms with Gasteiger partial charge in [0.2, 0.25) is 0 Å². The fourth-order valence-electron chi connectivity index (χ4n) is 3.97. The molecule has 2 rings (SSSR count). The van der Waals surface area contributed by atoms with E-state index < -0.39 is 35.5 Å². The topological polar surface area (TPSA) is 71.1 Å². The Labute approximate surface area is 165 Å². The van der Waals surface area contributed by atoms with E-state index in [9.17, 15) is 18.4 Å². The molecule has 8 heteroatoms. The van der Waals surface area contributed by atoms with Gasteiger partial charge < -0.3 is 18.9 Å². The maximum absolute atomic E-state index is 13.0. The second-order valence-electron chi connectivity index (χ2n) is 8.71. The van der Waals surface area contributed by atoms with Crippen molar-refractivity contribution in [3.8, 4) is 0 Å². The Kier molecular flexibility index (Phi) is 7.08. The van der Waals surface area contributed by atoms with Gasteiger partial charge in [0.25, 0.3) is 0 Å². The lowest BCUT2D eigenvalue weighted by atomic mass is 9.88. The van der Waals surface area contributed by atoms with Crippen molar-refractivity contribution in [1.29, 1.82) is 0 Å². The summed E-state index contributed by atoms with van der Waals surface area (Å²) in [7, 11) is 0. The summed E-state index contributed by atoms with van der Waals surface area (Å²) < 4.78 is 47.9. The van der Waals surface area contributed by atoms with Gasteiger partial charge in [-0.3, -0.25) is 4.79 Å². The minimum Gasteiger partial charge on any atom is -0.459 e. The van der Waals surface area contributed by atoms with E-state index in [1.54, 1.807) is 13.8 Å². The zero-order valence-corrected chi connectivity index (χ0v) is 17.4. The first kappa shape index (κ1) is 23.0. The zero-order valence-electron chi connectivity index (χ0n) is 17.4. The highest BCUT2D eigenvalue weighted by atomic mass is 19.3. The molecule has 1 heterocycles. The van der Waals surface area contributed by atoms with Crippen molar-refractivity contribution < 1.29 is 37.3 Å². The third-order valence-electron chi connectivity index (χ3n) is 5.40. The highest BCUT2D eigenvalue weighted by molar-refractivity contribution is 5.76. The van der Waals surface area contributed by atoms with Gasteiger partial charge in [0.05, 0.1) is 18.6 Å². The number of carbonyl (C=O) groups is 2. The quantitative estimate of drug-likeness (QED) is 0.595. The van der Waals surface area contributed by atoms with Crippen LogP contribution in [0, 0.1) is 5.92 Å². The van der Waals surface area contributed by atoms with Crippen molar-refractivity contribution in [2.24, 2.45) is 5.92 Å². The van der Waals surface area contributed by atoms with Crippen molar-refractivity contribution in [2.45, 2.75) is 103 Å². The number of alkyl halides is 2. The molecule has 0 amide bonds. The van der Waals surface area contributed by atoms with Crippen LogP contribution in [0.1, 0.15) is 73.1 Å². The van der Waals surface area contributed by atoms with Crippen molar-refractivity contribution in [3.63, 3.8) is 0 Å². The number of ether oxygens (including phenoxy) is 4. The van der Waals surface area contributed by atoms with Crippen LogP contribution in [-0.2, 0) is 28.5 Å². The van der Waals surface area contributed by atoms with E-state index in [4.69, 9.17) is 14.2 Å². The Hall–Kier alpha value is -1.28. The largest absolute Gasteiger partial charge is 0.459 e. The molecule has 0 aromatic heterocycles. The molecule has 6 nitrogen and oxygen atoms in total. The SMILES string of the molecule is CC(C)C1(OC(=O)CC2CC(COC(=O)C(C)(F)F)OC(C)(C)O2)CCCC1. The van der Waals surface area contributed by atoms with E-state index in [0.29, 0.717) is 6.92 Å². The molecular weight excluding hydrogens is 374 g/mol. The molecule has 2 fully saturated rings. The molecule has 0 aromatic rings. The van der Waals surface area contributed by atoms with Crippen LogP contribution in [0.2, 0.25) is 0 Å². The second-order valence-corrected chi connectivity index (χ2v) is 8.71. The average molecular weight is 406 g/mol. The lowest BCUT2D eigenvalue weighted by Gasteiger charge is -2.41. The third kappa shape index (κ3) is 6.11. The van der Waals surface area contributed by atoms with Gasteiger partial charge in [-0.25, -0.2) is 4.79 Å². The standard InChI is InChI=1S/C20H32F2O6/c1-13(2)20(8-6-7-9-20)28-16(23)11-14-10-15(27-18(3,4)26-14)12-25-17(24)19(5,21)22/h13-15H,6-12H2,1-5H3. The van der Waals surface area contributed by atoms with Gasteiger partial charge >= 0.3 is 17.9 Å². The highest BCUT2D eigenvalue weighted by Crippen LogP contribution is 2.40. The fourth-order valence-corrected chi connectivity index (χ4v) is 3.97. The van der Waals surface area contributed by atoms with Crippen molar-refractivity contribution in [1.82, 2.24) is 0 Å².